The molecule has 19 heavy (non-hydrogen) atoms. The van der Waals surface area contributed by atoms with E-state index in [0.29, 0.717) is 12.3 Å². The van der Waals surface area contributed by atoms with Gasteiger partial charge in [-0.15, -0.1) is 0 Å². The molecule has 5 heteroatoms. The third kappa shape index (κ3) is 1.78. The molecule has 1 aliphatic carbocycles. The van der Waals surface area contributed by atoms with E-state index in [4.69, 9.17) is 9.47 Å². The lowest BCUT2D eigenvalue weighted by atomic mass is 9.65. The number of hydrogen-bond acceptors (Lipinski definition) is 5. The summed E-state index contributed by atoms with van der Waals surface area (Å²) in [6.45, 7) is 7.72. The van der Waals surface area contributed by atoms with E-state index < -0.39 is 11.1 Å². The molecule has 0 aromatic heterocycles. The molecular weight excluding hydrogens is 246 g/mol. The number of aliphatic imine (C=N–C) groups is 1. The van der Waals surface area contributed by atoms with Crippen molar-refractivity contribution in [2.45, 2.75) is 51.7 Å². The Balaban J connectivity index is 2.47. The first kappa shape index (κ1) is 14.3. The van der Waals surface area contributed by atoms with Gasteiger partial charge in [0.25, 0.3) is 0 Å². The van der Waals surface area contributed by atoms with Gasteiger partial charge in [-0.3, -0.25) is 0 Å². The fourth-order valence-corrected chi connectivity index (χ4v) is 2.65. The molecule has 2 aliphatic rings. The highest BCUT2D eigenvalue weighted by atomic mass is 16.6. The molecule has 1 spiro atoms. The first-order valence-electron chi connectivity index (χ1n) is 6.70. The van der Waals surface area contributed by atoms with Gasteiger partial charge in [-0.25, -0.2) is 9.79 Å². The normalized spacial score (nSPS) is 38.5. The van der Waals surface area contributed by atoms with Crippen LogP contribution in [0.2, 0.25) is 0 Å². The van der Waals surface area contributed by atoms with Crippen LogP contribution in [-0.4, -0.2) is 41.8 Å². The van der Waals surface area contributed by atoms with Crippen molar-refractivity contribution >= 4 is 11.9 Å². The van der Waals surface area contributed by atoms with E-state index in [2.05, 4.69) is 4.99 Å². The van der Waals surface area contributed by atoms with Crippen LogP contribution in [0.1, 0.15) is 40.5 Å². The van der Waals surface area contributed by atoms with Crippen molar-refractivity contribution in [1.29, 1.82) is 0 Å². The number of hydrogen-bond donors (Lipinski definition) is 1. The zero-order valence-electron chi connectivity index (χ0n) is 12.3. The van der Waals surface area contributed by atoms with Gasteiger partial charge < -0.3 is 14.6 Å². The fraction of sp³-hybridized carbons (Fsp3) is 0.857. The topological polar surface area (TPSA) is 68.1 Å². The summed E-state index contributed by atoms with van der Waals surface area (Å²) < 4.78 is 11.1. The van der Waals surface area contributed by atoms with Crippen molar-refractivity contribution in [3.05, 3.63) is 0 Å². The second kappa shape index (κ2) is 4.20. The van der Waals surface area contributed by atoms with Gasteiger partial charge in [0.1, 0.15) is 0 Å². The number of nitrogens with zero attached hydrogens (tertiary/aromatic N) is 1. The van der Waals surface area contributed by atoms with Crippen molar-refractivity contribution in [2.75, 3.05) is 13.7 Å². The molecule has 108 valence electrons. The molecule has 1 saturated carbocycles. The van der Waals surface area contributed by atoms with Crippen LogP contribution in [0, 0.1) is 11.3 Å². The predicted molar refractivity (Wildman–Crippen MR) is 70.9 cm³/mol. The number of methoxy groups -OCH3 is 1. The zero-order valence-corrected chi connectivity index (χ0v) is 12.3. The summed E-state index contributed by atoms with van der Waals surface area (Å²) >= 11 is 0. The maximum atomic E-state index is 12.4. The standard InChI is InChI=1S/C14H23NO4/c1-12(2,3)13(4)10(18-5)15-14(11(17)19-13)7-6-9(14)8-16/h9,16H,6-8H2,1-5H3/t9-,13-,14-/m1/s1. The Morgan fingerprint density at radius 1 is 1.53 bits per heavy atom. The monoisotopic (exact) mass is 269 g/mol. The summed E-state index contributed by atoms with van der Waals surface area (Å²) in [4.78, 5) is 16.9. The van der Waals surface area contributed by atoms with Gasteiger partial charge in [0.2, 0.25) is 5.90 Å². The van der Waals surface area contributed by atoms with Gasteiger partial charge in [0.15, 0.2) is 11.1 Å². The second-order valence-electron chi connectivity index (χ2n) is 6.64. The largest absolute Gasteiger partial charge is 0.481 e. The number of aliphatic hydroxyl groups is 1. The maximum Gasteiger partial charge on any atom is 0.335 e. The van der Waals surface area contributed by atoms with E-state index in [1.165, 1.54) is 0 Å². The van der Waals surface area contributed by atoms with Crippen molar-refractivity contribution in [3.63, 3.8) is 0 Å². The van der Waals surface area contributed by atoms with E-state index in [1.807, 2.05) is 27.7 Å². The van der Waals surface area contributed by atoms with Crippen LogP contribution in [0.5, 0.6) is 0 Å². The van der Waals surface area contributed by atoms with E-state index in [-0.39, 0.29) is 23.9 Å². The number of rotatable bonds is 1. The minimum Gasteiger partial charge on any atom is -0.481 e. The first-order chi connectivity index (χ1) is 8.71. The highest BCUT2D eigenvalue weighted by molar-refractivity contribution is 5.97. The van der Waals surface area contributed by atoms with Crippen LogP contribution in [0.15, 0.2) is 4.99 Å². The summed E-state index contributed by atoms with van der Waals surface area (Å²) in [5, 5.41) is 9.35. The Morgan fingerprint density at radius 2 is 2.16 bits per heavy atom. The fourth-order valence-electron chi connectivity index (χ4n) is 2.65. The predicted octanol–water partition coefficient (Wildman–Crippen LogP) is 1.53. The van der Waals surface area contributed by atoms with Crippen LogP contribution in [0.3, 0.4) is 0 Å². The minimum absolute atomic E-state index is 0.0537. The number of esters is 1. The Labute approximate surface area is 114 Å². The molecule has 2 rings (SSSR count). The Bertz CT molecular complexity index is 424. The van der Waals surface area contributed by atoms with Crippen LogP contribution in [0.25, 0.3) is 0 Å². The van der Waals surface area contributed by atoms with Gasteiger partial charge in [-0.05, 0) is 19.8 Å². The average molecular weight is 269 g/mol. The first-order valence-corrected chi connectivity index (χ1v) is 6.70. The SMILES string of the molecule is COC1=N[C@@]2(CC[C@@H]2CO)C(=O)O[C@@]1(C)C(C)(C)C. The Morgan fingerprint density at radius 3 is 2.53 bits per heavy atom. The lowest BCUT2D eigenvalue weighted by Gasteiger charge is -2.51. The molecule has 3 atom stereocenters. The van der Waals surface area contributed by atoms with Gasteiger partial charge in [-0.1, -0.05) is 20.8 Å². The highest BCUT2D eigenvalue weighted by Crippen LogP contribution is 2.49. The van der Waals surface area contributed by atoms with E-state index >= 15 is 0 Å². The van der Waals surface area contributed by atoms with Gasteiger partial charge in [0.05, 0.1) is 7.11 Å². The quantitative estimate of drug-likeness (QED) is 0.733. The molecule has 0 bridgehead atoms. The van der Waals surface area contributed by atoms with Crippen molar-refractivity contribution < 1.29 is 19.4 Å². The zero-order chi connectivity index (χ0) is 14.5. The van der Waals surface area contributed by atoms with Crippen LogP contribution in [0.4, 0.5) is 0 Å². The number of aliphatic hydroxyl groups excluding tert-OH is 1. The molecule has 5 nitrogen and oxygen atoms in total. The maximum absolute atomic E-state index is 12.4. The summed E-state index contributed by atoms with van der Waals surface area (Å²) in [5.41, 5.74) is -2.12. The number of carbonyl (C=O) groups is 1. The van der Waals surface area contributed by atoms with Crippen molar-refractivity contribution in [2.24, 2.45) is 16.3 Å². The summed E-state index contributed by atoms with van der Waals surface area (Å²) in [7, 11) is 1.54. The molecule has 0 unspecified atom stereocenters. The van der Waals surface area contributed by atoms with Crippen LogP contribution in [-0.2, 0) is 14.3 Å². The smallest absolute Gasteiger partial charge is 0.335 e. The molecule has 1 N–H and O–H groups in total. The lowest BCUT2D eigenvalue weighted by Crippen LogP contribution is -2.65. The molecule has 0 saturated heterocycles. The molecular formula is C14H23NO4. The number of cyclic esters (lactones) is 1. The van der Waals surface area contributed by atoms with E-state index in [1.54, 1.807) is 7.11 Å². The molecule has 1 fully saturated rings. The minimum atomic E-state index is -0.926. The van der Waals surface area contributed by atoms with Crippen LogP contribution >= 0.6 is 0 Å². The lowest BCUT2D eigenvalue weighted by molar-refractivity contribution is -0.181. The summed E-state index contributed by atoms with van der Waals surface area (Å²) in [5.74, 6) is -0.0524. The van der Waals surface area contributed by atoms with E-state index in [9.17, 15) is 9.90 Å². The molecule has 1 aliphatic heterocycles. The average Bonchev–Trinajstić information content (AvgIpc) is 2.27. The van der Waals surface area contributed by atoms with Gasteiger partial charge >= 0.3 is 5.97 Å². The van der Waals surface area contributed by atoms with Crippen molar-refractivity contribution in [3.8, 4) is 0 Å². The van der Waals surface area contributed by atoms with Gasteiger partial charge in [0, 0.05) is 17.9 Å². The Hall–Kier alpha value is -1.10. The third-order valence-corrected chi connectivity index (χ3v) is 4.75. The summed E-state index contributed by atoms with van der Waals surface area (Å²) in [6.07, 6.45) is 1.41. The third-order valence-electron chi connectivity index (χ3n) is 4.75. The van der Waals surface area contributed by atoms with Crippen molar-refractivity contribution in [1.82, 2.24) is 0 Å². The van der Waals surface area contributed by atoms with Crippen LogP contribution < -0.4 is 0 Å². The highest BCUT2D eigenvalue weighted by Gasteiger charge is 2.62. The Kier molecular flexibility index (Phi) is 3.16. The number of ether oxygens (including phenoxy) is 2. The second-order valence-corrected chi connectivity index (χ2v) is 6.64. The molecule has 0 amide bonds. The molecule has 0 aromatic carbocycles. The molecule has 0 aromatic rings. The summed E-state index contributed by atoms with van der Waals surface area (Å²) in [6, 6.07) is 0. The molecule has 0 radical (unpaired) electrons. The number of carbonyl (C=O) groups excluding carboxylic acids is 1. The van der Waals surface area contributed by atoms with Gasteiger partial charge in [-0.2, -0.15) is 0 Å². The molecule has 1 heterocycles. The van der Waals surface area contributed by atoms with E-state index in [0.717, 1.165) is 6.42 Å².